The molecule has 3 heterocycles. The predicted molar refractivity (Wildman–Crippen MR) is 110 cm³/mol. The molecule has 2 amide bonds. The average Bonchev–Trinajstić information content (AvgIpc) is 3.39. The molecule has 3 aliphatic rings. The minimum atomic E-state index is -0.658. The van der Waals surface area contributed by atoms with E-state index in [-0.39, 0.29) is 17.4 Å². The number of nitrogens with two attached hydrogens (primary N) is 1. The SMILES string of the molecule is CC(C)(CCN1CCCC1)c1ccc(N2C(=O)[C@@H]3CCCN3C2C(N)=O)cc1. The summed E-state index contributed by atoms with van der Waals surface area (Å²) in [5.74, 6) is -0.449. The molecule has 3 aliphatic heterocycles. The maximum atomic E-state index is 12.9. The van der Waals surface area contributed by atoms with E-state index in [0.29, 0.717) is 0 Å². The largest absolute Gasteiger partial charge is 0.367 e. The lowest BCUT2D eigenvalue weighted by atomic mass is 9.81. The van der Waals surface area contributed by atoms with Crippen LogP contribution in [0.25, 0.3) is 0 Å². The van der Waals surface area contributed by atoms with Gasteiger partial charge in [-0.3, -0.25) is 19.4 Å². The van der Waals surface area contributed by atoms with Crippen LogP contribution in [0.1, 0.15) is 51.5 Å². The molecule has 1 aromatic carbocycles. The van der Waals surface area contributed by atoms with Crippen molar-refractivity contribution in [3.8, 4) is 0 Å². The van der Waals surface area contributed by atoms with E-state index in [0.717, 1.165) is 38.0 Å². The topological polar surface area (TPSA) is 69.9 Å². The molecule has 0 radical (unpaired) electrons. The summed E-state index contributed by atoms with van der Waals surface area (Å²) in [6.45, 7) is 8.88. The number of carbonyl (C=O) groups is 2. The number of likely N-dealkylation sites (tertiary alicyclic amines) is 1. The van der Waals surface area contributed by atoms with Gasteiger partial charge in [-0.15, -0.1) is 0 Å². The van der Waals surface area contributed by atoms with Gasteiger partial charge in [0.05, 0.1) is 6.04 Å². The van der Waals surface area contributed by atoms with Crippen LogP contribution in [-0.2, 0) is 15.0 Å². The van der Waals surface area contributed by atoms with Crippen LogP contribution in [-0.4, -0.2) is 60.0 Å². The molecule has 152 valence electrons. The van der Waals surface area contributed by atoms with Crippen LogP contribution in [0.4, 0.5) is 5.69 Å². The molecule has 4 rings (SSSR count). The van der Waals surface area contributed by atoms with Crippen molar-refractivity contribution in [2.45, 2.75) is 63.6 Å². The van der Waals surface area contributed by atoms with Crippen LogP contribution in [0.15, 0.2) is 24.3 Å². The summed E-state index contributed by atoms with van der Waals surface area (Å²) in [5, 5.41) is 0. The van der Waals surface area contributed by atoms with Crippen molar-refractivity contribution in [1.82, 2.24) is 9.80 Å². The predicted octanol–water partition coefficient (Wildman–Crippen LogP) is 2.07. The lowest BCUT2D eigenvalue weighted by Gasteiger charge is -2.30. The smallest absolute Gasteiger partial charge is 0.255 e. The summed E-state index contributed by atoms with van der Waals surface area (Å²) < 4.78 is 0. The first-order valence-corrected chi connectivity index (χ1v) is 10.6. The molecule has 1 unspecified atom stereocenters. The fourth-order valence-electron chi connectivity index (χ4n) is 5.00. The lowest BCUT2D eigenvalue weighted by molar-refractivity contribution is -0.122. The van der Waals surface area contributed by atoms with Crippen molar-refractivity contribution in [3.05, 3.63) is 29.8 Å². The number of fused-ring (bicyclic) bond motifs is 1. The molecule has 6 nitrogen and oxygen atoms in total. The molecular weight excluding hydrogens is 352 g/mol. The fourth-order valence-corrected chi connectivity index (χ4v) is 5.00. The first kappa shape index (κ1) is 19.4. The van der Waals surface area contributed by atoms with Crippen molar-refractivity contribution < 1.29 is 9.59 Å². The summed E-state index contributed by atoms with van der Waals surface area (Å²) in [5.41, 5.74) is 7.76. The second-order valence-corrected chi connectivity index (χ2v) is 9.11. The highest BCUT2D eigenvalue weighted by Gasteiger charge is 2.51. The fraction of sp³-hybridized carbons (Fsp3) is 0.636. The zero-order chi connectivity index (χ0) is 19.9. The second kappa shape index (κ2) is 7.48. The van der Waals surface area contributed by atoms with Gasteiger partial charge in [-0.25, -0.2) is 0 Å². The van der Waals surface area contributed by atoms with Crippen LogP contribution in [0, 0.1) is 0 Å². The van der Waals surface area contributed by atoms with Crippen molar-refractivity contribution in [3.63, 3.8) is 0 Å². The normalized spacial score (nSPS) is 26.2. The maximum Gasteiger partial charge on any atom is 0.255 e. The number of benzene rings is 1. The van der Waals surface area contributed by atoms with Gasteiger partial charge < -0.3 is 10.6 Å². The van der Waals surface area contributed by atoms with E-state index in [9.17, 15) is 9.59 Å². The number of anilines is 1. The lowest BCUT2D eigenvalue weighted by Crippen LogP contribution is -2.49. The van der Waals surface area contributed by atoms with E-state index in [4.69, 9.17) is 5.73 Å². The molecule has 6 heteroatoms. The molecule has 2 N–H and O–H groups in total. The summed E-state index contributed by atoms with van der Waals surface area (Å²) >= 11 is 0. The third-order valence-corrected chi connectivity index (χ3v) is 6.81. The number of primary amides is 1. The Hall–Kier alpha value is -1.92. The van der Waals surface area contributed by atoms with Crippen LogP contribution < -0.4 is 10.6 Å². The van der Waals surface area contributed by atoms with Gasteiger partial charge in [-0.05, 0) is 74.8 Å². The Balaban J connectivity index is 1.50. The number of hydrogen-bond donors (Lipinski definition) is 1. The average molecular weight is 385 g/mol. The quantitative estimate of drug-likeness (QED) is 0.815. The molecular formula is C22H32N4O2. The van der Waals surface area contributed by atoms with Crippen LogP contribution in [0.3, 0.4) is 0 Å². The Morgan fingerprint density at radius 3 is 2.43 bits per heavy atom. The summed E-state index contributed by atoms with van der Waals surface area (Å²) in [6.07, 6.45) is 4.83. The first-order valence-electron chi connectivity index (χ1n) is 10.6. The minimum Gasteiger partial charge on any atom is -0.367 e. The number of nitrogens with zero attached hydrogens (tertiary/aromatic N) is 3. The molecule has 0 bridgehead atoms. The van der Waals surface area contributed by atoms with Gasteiger partial charge in [-0.1, -0.05) is 26.0 Å². The Morgan fingerprint density at radius 2 is 1.79 bits per heavy atom. The molecule has 3 fully saturated rings. The first-order chi connectivity index (χ1) is 13.4. The molecule has 0 aromatic heterocycles. The van der Waals surface area contributed by atoms with Crippen LogP contribution in [0.5, 0.6) is 0 Å². The molecule has 0 aliphatic carbocycles. The Labute approximate surface area is 167 Å². The number of amides is 2. The highest BCUT2D eigenvalue weighted by molar-refractivity contribution is 6.06. The van der Waals surface area contributed by atoms with Crippen LogP contribution >= 0.6 is 0 Å². The second-order valence-electron chi connectivity index (χ2n) is 9.11. The van der Waals surface area contributed by atoms with Gasteiger partial charge in [0, 0.05) is 12.2 Å². The van der Waals surface area contributed by atoms with E-state index >= 15 is 0 Å². The zero-order valence-corrected chi connectivity index (χ0v) is 17.1. The van der Waals surface area contributed by atoms with E-state index in [2.05, 4.69) is 30.9 Å². The van der Waals surface area contributed by atoms with Crippen molar-refractivity contribution in [1.29, 1.82) is 0 Å². The van der Waals surface area contributed by atoms with Crippen molar-refractivity contribution in [2.75, 3.05) is 31.1 Å². The Kier molecular flexibility index (Phi) is 5.19. The van der Waals surface area contributed by atoms with E-state index in [1.165, 1.54) is 31.5 Å². The van der Waals surface area contributed by atoms with E-state index in [1.807, 2.05) is 17.0 Å². The molecule has 1 aromatic rings. The van der Waals surface area contributed by atoms with Gasteiger partial charge in [-0.2, -0.15) is 0 Å². The molecule has 0 saturated carbocycles. The molecule has 3 saturated heterocycles. The van der Waals surface area contributed by atoms with Gasteiger partial charge in [0.1, 0.15) is 0 Å². The standard InChI is InChI=1S/C22H32N4O2/c1-22(2,11-15-24-12-3-4-13-24)16-7-9-17(10-8-16)26-20(19(23)27)25-14-5-6-18(25)21(26)28/h7-10,18,20H,3-6,11-15H2,1-2H3,(H2,23,27)/t18-,20?/m0/s1. The highest BCUT2D eigenvalue weighted by Crippen LogP contribution is 2.36. The number of carbonyl (C=O) groups excluding carboxylic acids is 2. The van der Waals surface area contributed by atoms with Crippen LogP contribution in [0.2, 0.25) is 0 Å². The number of hydrogen-bond acceptors (Lipinski definition) is 4. The monoisotopic (exact) mass is 384 g/mol. The van der Waals surface area contributed by atoms with Gasteiger partial charge in [0.25, 0.3) is 5.91 Å². The summed E-state index contributed by atoms with van der Waals surface area (Å²) in [6, 6.07) is 7.96. The molecule has 0 spiro atoms. The van der Waals surface area contributed by atoms with Crippen molar-refractivity contribution in [2.24, 2.45) is 5.73 Å². The maximum absolute atomic E-state index is 12.9. The van der Waals surface area contributed by atoms with E-state index in [1.54, 1.807) is 4.90 Å². The molecule has 28 heavy (non-hydrogen) atoms. The third kappa shape index (κ3) is 3.44. The van der Waals surface area contributed by atoms with Gasteiger partial charge in [0.15, 0.2) is 6.17 Å². The summed E-state index contributed by atoms with van der Waals surface area (Å²) in [4.78, 5) is 31.1. The third-order valence-electron chi connectivity index (χ3n) is 6.81. The van der Waals surface area contributed by atoms with Gasteiger partial charge in [0.2, 0.25) is 5.91 Å². The molecule has 2 atom stereocenters. The number of rotatable bonds is 6. The highest BCUT2D eigenvalue weighted by atomic mass is 16.2. The minimum absolute atomic E-state index is 0.00217. The van der Waals surface area contributed by atoms with Gasteiger partial charge >= 0.3 is 0 Å². The summed E-state index contributed by atoms with van der Waals surface area (Å²) in [7, 11) is 0. The van der Waals surface area contributed by atoms with E-state index < -0.39 is 12.1 Å². The Bertz CT molecular complexity index is 739. The Morgan fingerprint density at radius 1 is 1.11 bits per heavy atom. The van der Waals surface area contributed by atoms with Crippen molar-refractivity contribution >= 4 is 17.5 Å². The zero-order valence-electron chi connectivity index (χ0n) is 17.1.